The predicted octanol–water partition coefficient (Wildman–Crippen LogP) is 0.238. The summed E-state index contributed by atoms with van der Waals surface area (Å²) in [5, 5.41) is 0. The number of carbonyl (C=O) groups is 1. The number of rotatable bonds is 3. The van der Waals surface area contributed by atoms with Crippen LogP contribution in [0.25, 0.3) is 0 Å². The molecule has 3 nitrogen and oxygen atoms in total. The van der Waals surface area contributed by atoms with E-state index in [1.807, 2.05) is 21.1 Å². The number of nitrogens with zero attached hydrogens (tertiary/aromatic N) is 1. The molecule has 1 unspecified atom stereocenters. The van der Waals surface area contributed by atoms with E-state index in [0.717, 1.165) is 0 Å². The Bertz CT molecular complexity index is 128. The van der Waals surface area contributed by atoms with Crippen LogP contribution in [0.5, 0.6) is 0 Å². The lowest BCUT2D eigenvalue weighted by Crippen LogP contribution is -2.38. The number of quaternary nitrogens is 1. The lowest BCUT2D eigenvalue weighted by molar-refractivity contribution is -0.861. The third-order valence-corrected chi connectivity index (χ3v) is 1.83. The molecular weight excluding hydrogens is 149 g/mol. The quantitative estimate of drug-likeness (QED) is 0.479. The van der Waals surface area contributed by atoms with Gasteiger partial charge in [-0.1, -0.05) is 0 Å². The fraction of sp³-hybridized carbons (Fsp3) is 0.833. The van der Waals surface area contributed by atoms with E-state index in [2.05, 4.69) is 0 Å². The van der Waals surface area contributed by atoms with Crippen molar-refractivity contribution < 1.29 is 14.2 Å². The molecule has 60 valence electrons. The summed E-state index contributed by atoms with van der Waals surface area (Å²) in [6.07, 6.45) is 0. The second-order valence-electron chi connectivity index (χ2n) is 3.37. The van der Waals surface area contributed by atoms with Crippen LogP contribution in [0.15, 0.2) is 0 Å². The summed E-state index contributed by atoms with van der Waals surface area (Å²) in [6, 6.07) is 0. The van der Waals surface area contributed by atoms with Crippen LogP contribution in [0.1, 0.15) is 0 Å². The maximum atomic E-state index is 10.9. The Morgan fingerprint density at radius 2 is 1.90 bits per heavy atom. The van der Waals surface area contributed by atoms with E-state index in [1.54, 1.807) is 6.66 Å². The summed E-state index contributed by atoms with van der Waals surface area (Å²) in [5.74, 6) is 0. The zero-order chi connectivity index (χ0) is 8.36. The molecule has 0 aromatic carbocycles. The molecule has 1 atom stereocenters. The molecule has 0 saturated heterocycles. The summed E-state index contributed by atoms with van der Waals surface area (Å²) in [5.41, 5.74) is -0.0394. The first-order valence-corrected chi connectivity index (χ1v) is 4.83. The third kappa shape index (κ3) is 4.86. The maximum absolute atomic E-state index is 10.9. The molecule has 0 rings (SSSR count). The number of likely N-dealkylation sites (N-methyl/N-ethyl adjacent to an activating group) is 1. The summed E-state index contributed by atoms with van der Waals surface area (Å²) in [4.78, 5) is 19.8. The van der Waals surface area contributed by atoms with Gasteiger partial charge in [-0.05, 0) is 6.66 Å². The molecule has 0 aliphatic carbocycles. The molecule has 0 amide bonds. The Labute approximate surface area is 63.1 Å². The number of hydrogen-bond donors (Lipinski definition) is 1. The molecule has 4 heteroatoms. The summed E-state index contributed by atoms with van der Waals surface area (Å²) in [6.45, 7) is 1.98. The van der Waals surface area contributed by atoms with E-state index in [9.17, 15) is 4.79 Å². The molecule has 0 spiro atoms. The minimum absolute atomic E-state index is 0.0394. The zero-order valence-electron chi connectivity index (χ0n) is 6.96. The van der Waals surface area contributed by atoms with Crippen molar-refractivity contribution in [3.05, 3.63) is 0 Å². The van der Waals surface area contributed by atoms with Crippen LogP contribution in [0.3, 0.4) is 0 Å². The first-order valence-electron chi connectivity index (χ1n) is 3.09. The highest BCUT2D eigenvalue weighted by atomic mass is 31.1. The van der Waals surface area contributed by atoms with Crippen LogP contribution in [0.4, 0.5) is 0 Å². The topological polar surface area (TPSA) is 37.3 Å². The van der Waals surface area contributed by atoms with Crippen molar-refractivity contribution >= 4 is 13.7 Å². The van der Waals surface area contributed by atoms with Gasteiger partial charge in [0.1, 0.15) is 6.54 Å². The first kappa shape index (κ1) is 10.0. The third-order valence-electron chi connectivity index (χ3n) is 0.971. The summed E-state index contributed by atoms with van der Waals surface area (Å²) in [7, 11) is 4.40. The normalized spacial score (nSPS) is 14.9. The van der Waals surface area contributed by atoms with Gasteiger partial charge in [-0.2, -0.15) is 0 Å². The Balaban J connectivity index is 3.81. The Morgan fingerprint density at radius 3 is 2.00 bits per heavy atom. The summed E-state index contributed by atoms with van der Waals surface area (Å²) < 4.78 is 0.589. The van der Waals surface area contributed by atoms with Gasteiger partial charge in [0.2, 0.25) is 5.52 Å². The highest BCUT2D eigenvalue weighted by Gasteiger charge is 2.18. The van der Waals surface area contributed by atoms with Crippen LogP contribution in [0, 0.1) is 0 Å². The second-order valence-corrected chi connectivity index (χ2v) is 4.91. The minimum atomic E-state index is -1.38. The van der Waals surface area contributed by atoms with Gasteiger partial charge in [-0.25, -0.2) is 0 Å². The smallest absolute Gasteiger partial charge is 0.234 e. The van der Waals surface area contributed by atoms with Crippen molar-refractivity contribution in [2.45, 2.75) is 0 Å². The predicted molar refractivity (Wildman–Crippen MR) is 43.0 cm³/mol. The van der Waals surface area contributed by atoms with E-state index in [4.69, 9.17) is 4.89 Å². The van der Waals surface area contributed by atoms with E-state index in [0.29, 0.717) is 11.0 Å². The van der Waals surface area contributed by atoms with Crippen LogP contribution < -0.4 is 0 Å². The molecule has 0 radical (unpaired) electrons. The van der Waals surface area contributed by atoms with Crippen LogP contribution in [-0.4, -0.2) is 49.3 Å². The van der Waals surface area contributed by atoms with Gasteiger partial charge in [-0.15, -0.1) is 0 Å². The van der Waals surface area contributed by atoms with Gasteiger partial charge >= 0.3 is 0 Å². The Morgan fingerprint density at radius 1 is 1.50 bits per heavy atom. The molecule has 10 heavy (non-hydrogen) atoms. The monoisotopic (exact) mass is 164 g/mol. The van der Waals surface area contributed by atoms with Gasteiger partial charge < -0.3 is 9.38 Å². The van der Waals surface area contributed by atoms with Crippen molar-refractivity contribution in [3.63, 3.8) is 0 Å². The molecule has 0 bridgehead atoms. The van der Waals surface area contributed by atoms with Crippen LogP contribution in [-0.2, 0) is 4.79 Å². The molecule has 0 fully saturated rings. The number of hydrogen-bond acceptors (Lipinski definition) is 2. The molecule has 1 N–H and O–H groups in total. The lowest BCUT2D eigenvalue weighted by Gasteiger charge is -2.22. The van der Waals surface area contributed by atoms with E-state index in [1.165, 1.54) is 0 Å². The summed E-state index contributed by atoms with van der Waals surface area (Å²) >= 11 is 0. The Hall–Kier alpha value is 0.0200. The van der Waals surface area contributed by atoms with E-state index in [-0.39, 0.29) is 5.52 Å². The van der Waals surface area contributed by atoms with Gasteiger partial charge in [0.15, 0.2) is 0 Å². The lowest BCUT2D eigenvalue weighted by atomic mass is 10.5. The highest BCUT2D eigenvalue weighted by molar-refractivity contribution is 7.69. The first-order chi connectivity index (χ1) is 4.33. The van der Waals surface area contributed by atoms with Crippen LogP contribution >= 0.6 is 8.15 Å². The molecular formula is C6H15NO2P+. The van der Waals surface area contributed by atoms with Gasteiger partial charge in [-0.3, -0.25) is 4.79 Å². The average molecular weight is 164 g/mol. The number of carbonyl (C=O) groups excluding carboxylic acids is 1. The molecule has 0 aromatic heterocycles. The molecule has 0 aliphatic rings. The maximum Gasteiger partial charge on any atom is 0.234 e. The average Bonchev–Trinajstić information content (AvgIpc) is 1.60. The van der Waals surface area contributed by atoms with Gasteiger partial charge in [0, 0.05) is 0 Å². The van der Waals surface area contributed by atoms with Gasteiger partial charge in [0.25, 0.3) is 0 Å². The largest absolute Gasteiger partial charge is 0.366 e. The molecule has 0 saturated carbocycles. The fourth-order valence-electron chi connectivity index (χ4n) is 0.508. The van der Waals surface area contributed by atoms with E-state index >= 15 is 0 Å². The fourth-order valence-corrected chi connectivity index (χ4v) is 1.14. The highest BCUT2D eigenvalue weighted by Crippen LogP contribution is 2.25. The molecule has 0 aliphatic heterocycles. The molecule has 0 heterocycles. The van der Waals surface area contributed by atoms with E-state index < -0.39 is 8.15 Å². The SMILES string of the molecule is CP(O)C(=O)C[N+](C)(C)C. The molecule has 0 aromatic rings. The van der Waals surface area contributed by atoms with Crippen molar-refractivity contribution in [1.29, 1.82) is 0 Å². The van der Waals surface area contributed by atoms with Crippen LogP contribution in [0.2, 0.25) is 0 Å². The van der Waals surface area contributed by atoms with Crippen molar-refractivity contribution in [2.75, 3.05) is 34.4 Å². The zero-order valence-corrected chi connectivity index (χ0v) is 7.85. The minimum Gasteiger partial charge on any atom is -0.366 e. The van der Waals surface area contributed by atoms with Crippen molar-refractivity contribution in [1.82, 2.24) is 0 Å². The van der Waals surface area contributed by atoms with Crippen molar-refractivity contribution in [2.24, 2.45) is 0 Å². The Kier molecular flexibility index (Phi) is 3.43. The second kappa shape index (κ2) is 3.42. The van der Waals surface area contributed by atoms with Gasteiger partial charge in [0.05, 0.1) is 29.3 Å². The standard InChI is InChI=1S/C6H15NO2P/c1-7(2,3)5-6(8)10(4)9/h9H,5H2,1-4H3/q+1. The van der Waals surface area contributed by atoms with Crippen molar-refractivity contribution in [3.8, 4) is 0 Å².